The highest BCUT2D eigenvalue weighted by atomic mass is 16.3. The van der Waals surface area contributed by atoms with Crippen LogP contribution in [-0.4, -0.2) is 16.5 Å². The van der Waals surface area contributed by atoms with Crippen LogP contribution in [0.5, 0.6) is 0 Å². The minimum atomic E-state index is -0.737. The summed E-state index contributed by atoms with van der Waals surface area (Å²) in [6, 6.07) is 0. The van der Waals surface area contributed by atoms with E-state index in [-0.39, 0.29) is 11.7 Å². The summed E-state index contributed by atoms with van der Waals surface area (Å²) < 4.78 is 0. The van der Waals surface area contributed by atoms with Gasteiger partial charge in [-0.1, -0.05) is 26.7 Å². The van der Waals surface area contributed by atoms with Crippen molar-refractivity contribution in [1.29, 1.82) is 0 Å². The van der Waals surface area contributed by atoms with E-state index in [9.17, 15) is 9.90 Å². The molecular weight excluding hydrogens is 188 g/mol. The van der Waals surface area contributed by atoms with Crippen molar-refractivity contribution < 1.29 is 9.90 Å². The van der Waals surface area contributed by atoms with Crippen LogP contribution in [0.1, 0.15) is 60.3 Å². The van der Waals surface area contributed by atoms with E-state index >= 15 is 0 Å². The number of aliphatic hydroxyl groups is 1. The van der Waals surface area contributed by atoms with E-state index < -0.39 is 5.60 Å². The SMILES string of the molecule is CCC(C)CCC(CC(C)=O)C(C)(C)O. The second-order valence-corrected chi connectivity index (χ2v) is 5.35. The first-order valence-corrected chi connectivity index (χ1v) is 5.99. The zero-order valence-corrected chi connectivity index (χ0v) is 10.8. The predicted octanol–water partition coefficient (Wildman–Crippen LogP) is 3.18. The highest BCUT2D eigenvalue weighted by Gasteiger charge is 2.27. The van der Waals surface area contributed by atoms with E-state index in [1.165, 1.54) is 6.42 Å². The lowest BCUT2D eigenvalue weighted by Crippen LogP contribution is -2.32. The molecule has 0 fully saturated rings. The van der Waals surface area contributed by atoms with Gasteiger partial charge in [0.05, 0.1) is 5.60 Å². The minimum Gasteiger partial charge on any atom is -0.390 e. The van der Waals surface area contributed by atoms with Gasteiger partial charge in [-0.2, -0.15) is 0 Å². The molecule has 1 N–H and O–H groups in total. The molecule has 0 spiro atoms. The molecular formula is C13H26O2. The summed E-state index contributed by atoms with van der Waals surface area (Å²) in [6.45, 7) is 9.60. The van der Waals surface area contributed by atoms with Gasteiger partial charge in [0.2, 0.25) is 0 Å². The van der Waals surface area contributed by atoms with E-state index in [1.54, 1.807) is 20.8 Å². The van der Waals surface area contributed by atoms with Crippen LogP contribution in [0.25, 0.3) is 0 Å². The Kier molecular flexibility index (Phi) is 6.11. The standard InChI is InChI=1S/C13H26O2/c1-6-10(2)7-8-12(9-11(3)14)13(4,5)15/h10,12,15H,6-9H2,1-5H3. The number of rotatable bonds is 7. The van der Waals surface area contributed by atoms with E-state index in [1.807, 2.05) is 0 Å². The van der Waals surface area contributed by atoms with E-state index in [0.29, 0.717) is 12.3 Å². The second kappa shape index (κ2) is 6.26. The van der Waals surface area contributed by atoms with Crippen LogP contribution in [0, 0.1) is 11.8 Å². The minimum absolute atomic E-state index is 0.101. The lowest BCUT2D eigenvalue weighted by molar-refractivity contribution is -0.120. The van der Waals surface area contributed by atoms with Crippen molar-refractivity contribution in [3.8, 4) is 0 Å². The Morgan fingerprint density at radius 2 is 1.87 bits per heavy atom. The highest BCUT2D eigenvalue weighted by molar-refractivity contribution is 5.75. The van der Waals surface area contributed by atoms with Crippen LogP contribution in [0.2, 0.25) is 0 Å². The van der Waals surface area contributed by atoms with Crippen LogP contribution in [0.4, 0.5) is 0 Å². The molecule has 0 aliphatic carbocycles. The van der Waals surface area contributed by atoms with E-state index in [4.69, 9.17) is 0 Å². The number of carbonyl (C=O) groups excluding carboxylic acids is 1. The fourth-order valence-corrected chi connectivity index (χ4v) is 1.74. The third-order valence-corrected chi connectivity index (χ3v) is 3.24. The average Bonchev–Trinajstić information content (AvgIpc) is 2.09. The molecule has 2 atom stereocenters. The second-order valence-electron chi connectivity index (χ2n) is 5.35. The molecule has 2 heteroatoms. The Morgan fingerprint density at radius 3 is 2.20 bits per heavy atom. The molecule has 0 saturated heterocycles. The number of Topliss-reactive ketones (excluding diaryl/α,β-unsaturated/α-hetero) is 1. The maximum atomic E-state index is 11.1. The highest BCUT2D eigenvalue weighted by Crippen LogP contribution is 2.27. The van der Waals surface area contributed by atoms with Gasteiger partial charge in [-0.3, -0.25) is 0 Å². The number of hydrogen-bond acceptors (Lipinski definition) is 2. The van der Waals surface area contributed by atoms with Gasteiger partial charge in [0.1, 0.15) is 5.78 Å². The van der Waals surface area contributed by atoms with Crippen LogP contribution < -0.4 is 0 Å². The molecule has 0 aromatic rings. The molecule has 0 aromatic heterocycles. The van der Waals surface area contributed by atoms with Gasteiger partial charge in [-0.15, -0.1) is 0 Å². The first-order valence-electron chi connectivity index (χ1n) is 5.99. The van der Waals surface area contributed by atoms with Crippen LogP contribution in [0.15, 0.2) is 0 Å². The summed E-state index contributed by atoms with van der Waals surface area (Å²) in [5.74, 6) is 0.956. The van der Waals surface area contributed by atoms with Crippen LogP contribution in [0.3, 0.4) is 0 Å². The van der Waals surface area contributed by atoms with Crippen LogP contribution >= 0.6 is 0 Å². The summed E-state index contributed by atoms with van der Waals surface area (Å²) >= 11 is 0. The fraction of sp³-hybridized carbons (Fsp3) is 0.923. The quantitative estimate of drug-likeness (QED) is 0.706. The van der Waals surface area contributed by atoms with E-state index in [0.717, 1.165) is 12.8 Å². The van der Waals surface area contributed by atoms with Crippen LogP contribution in [-0.2, 0) is 4.79 Å². The van der Waals surface area contributed by atoms with Crippen molar-refractivity contribution in [3.63, 3.8) is 0 Å². The summed E-state index contributed by atoms with van der Waals surface area (Å²) in [6.07, 6.45) is 3.70. The molecule has 0 heterocycles. The average molecular weight is 214 g/mol. The number of carbonyl (C=O) groups is 1. The van der Waals surface area contributed by atoms with Crippen molar-refractivity contribution in [3.05, 3.63) is 0 Å². The third-order valence-electron chi connectivity index (χ3n) is 3.24. The molecule has 0 rings (SSSR count). The van der Waals surface area contributed by atoms with Gasteiger partial charge in [0.15, 0.2) is 0 Å². The molecule has 0 saturated carbocycles. The Morgan fingerprint density at radius 1 is 1.33 bits per heavy atom. The predicted molar refractivity (Wildman–Crippen MR) is 63.8 cm³/mol. The Hall–Kier alpha value is -0.370. The molecule has 0 radical (unpaired) electrons. The Bertz CT molecular complexity index is 191. The molecule has 0 aliphatic rings. The smallest absolute Gasteiger partial charge is 0.130 e. The number of hydrogen-bond donors (Lipinski definition) is 1. The van der Waals surface area contributed by atoms with Crippen molar-refractivity contribution >= 4 is 5.78 Å². The van der Waals surface area contributed by atoms with Gasteiger partial charge >= 0.3 is 0 Å². The summed E-state index contributed by atoms with van der Waals surface area (Å²) in [5, 5.41) is 9.96. The van der Waals surface area contributed by atoms with Crippen molar-refractivity contribution in [2.24, 2.45) is 11.8 Å². The number of ketones is 1. The van der Waals surface area contributed by atoms with E-state index in [2.05, 4.69) is 13.8 Å². The summed E-state index contributed by atoms with van der Waals surface area (Å²) in [5.41, 5.74) is -0.737. The lowest BCUT2D eigenvalue weighted by atomic mass is 9.81. The monoisotopic (exact) mass is 214 g/mol. The molecule has 2 unspecified atom stereocenters. The molecule has 0 bridgehead atoms. The van der Waals surface area contributed by atoms with Gasteiger partial charge in [0, 0.05) is 6.42 Å². The van der Waals surface area contributed by atoms with Crippen molar-refractivity contribution in [2.45, 2.75) is 65.9 Å². The van der Waals surface area contributed by atoms with Crippen molar-refractivity contribution in [1.82, 2.24) is 0 Å². The first-order chi connectivity index (χ1) is 6.77. The molecule has 0 aromatic carbocycles. The lowest BCUT2D eigenvalue weighted by Gasteiger charge is -2.29. The zero-order chi connectivity index (χ0) is 12.1. The summed E-state index contributed by atoms with van der Waals surface area (Å²) in [4.78, 5) is 11.1. The molecule has 2 nitrogen and oxygen atoms in total. The molecule has 15 heavy (non-hydrogen) atoms. The maximum absolute atomic E-state index is 11.1. The largest absolute Gasteiger partial charge is 0.390 e. The van der Waals surface area contributed by atoms with Crippen molar-refractivity contribution in [2.75, 3.05) is 0 Å². The molecule has 0 amide bonds. The molecule has 90 valence electrons. The summed E-state index contributed by atoms with van der Waals surface area (Å²) in [7, 11) is 0. The third kappa shape index (κ3) is 6.67. The fourth-order valence-electron chi connectivity index (χ4n) is 1.74. The topological polar surface area (TPSA) is 37.3 Å². The van der Waals surface area contributed by atoms with Gasteiger partial charge in [0.25, 0.3) is 0 Å². The first kappa shape index (κ1) is 14.6. The molecule has 0 aliphatic heterocycles. The van der Waals surface area contributed by atoms with Gasteiger partial charge < -0.3 is 9.90 Å². The maximum Gasteiger partial charge on any atom is 0.130 e. The van der Waals surface area contributed by atoms with Gasteiger partial charge in [-0.25, -0.2) is 0 Å². The van der Waals surface area contributed by atoms with Gasteiger partial charge in [-0.05, 0) is 39.0 Å². The zero-order valence-electron chi connectivity index (χ0n) is 10.8. The Balaban J connectivity index is 4.20. The normalized spacial score (nSPS) is 16.1. The Labute approximate surface area is 94.1 Å².